The Kier molecular flexibility index (Phi) is 2.41. The van der Waals surface area contributed by atoms with Gasteiger partial charge in [0.15, 0.2) is 5.58 Å². The van der Waals surface area contributed by atoms with Crippen LogP contribution >= 0.6 is 15.9 Å². The van der Waals surface area contributed by atoms with Gasteiger partial charge in [-0.1, -0.05) is 0 Å². The summed E-state index contributed by atoms with van der Waals surface area (Å²) in [5, 5.41) is 9.46. The first-order chi connectivity index (χ1) is 8.63. The molecule has 7 heteroatoms. The molecule has 90 valence electrons. The fraction of sp³-hybridized carbons (Fsp3) is 0. The lowest BCUT2D eigenvalue weighted by atomic mass is 10.3. The number of phenols is 1. The van der Waals surface area contributed by atoms with E-state index in [1.807, 2.05) is 0 Å². The second-order valence-corrected chi connectivity index (χ2v) is 4.46. The largest absolute Gasteiger partial charge is 0.508 e. The van der Waals surface area contributed by atoms with Gasteiger partial charge in [0.2, 0.25) is 5.89 Å². The number of phenolic OH excluding ortho intramolecular Hbond substituents is 1. The minimum atomic E-state index is -0.436. The third-order valence-corrected chi connectivity index (χ3v) is 2.94. The molecule has 6 nitrogen and oxygen atoms in total. The molecule has 0 fully saturated rings. The molecule has 2 N–H and O–H groups in total. The summed E-state index contributed by atoms with van der Waals surface area (Å²) in [5.74, 6) is 0.411. The van der Waals surface area contributed by atoms with Gasteiger partial charge in [-0.05, 0) is 22.0 Å². The molecule has 0 radical (unpaired) electrons. The van der Waals surface area contributed by atoms with Crippen LogP contribution in [0.15, 0.2) is 38.2 Å². The Balaban J connectivity index is 2.22. The zero-order valence-corrected chi connectivity index (χ0v) is 10.4. The number of halogens is 1. The van der Waals surface area contributed by atoms with Gasteiger partial charge in [-0.2, -0.15) is 0 Å². The molecule has 0 amide bonds. The van der Waals surface area contributed by atoms with E-state index in [0.29, 0.717) is 27.0 Å². The molecule has 0 spiro atoms. The SMILES string of the molecule is O=c1ncc(-c2nc3cc(O)cc(Br)c3o2)c[nH]1. The summed E-state index contributed by atoms with van der Waals surface area (Å²) in [6, 6.07) is 3.01. The molecule has 2 aromatic heterocycles. The fourth-order valence-corrected chi connectivity index (χ4v) is 2.08. The number of nitrogens with zero attached hydrogens (tertiary/aromatic N) is 2. The maximum atomic E-state index is 10.9. The van der Waals surface area contributed by atoms with Crippen molar-refractivity contribution < 1.29 is 9.52 Å². The lowest BCUT2D eigenvalue weighted by Crippen LogP contribution is -2.07. The summed E-state index contributed by atoms with van der Waals surface area (Å²) < 4.78 is 6.15. The Morgan fingerprint density at radius 1 is 1.39 bits per heavy atom. The molecular weight excluding hydrogens is 302 g/mol. The molecule has 3 rings (SSSR count). The van der Waals surface area contributed by atoms with Gasteiger partial charge in [-0.15, -0.1) is 0 Å². The molecule has 1 aromatic carbocycles. The quantitative estimate of drug-likeness (QED) is 0.718. The van der Waals surface area contributed by atoms with Crippen molar-refractivity contribution in [2.75, 3.05) is 0 Å². The molecule has 0 bridgehead atoms. The summed E-state index contributed by atoms with van der Waals surface area (Å²) in [6.07, 6.45) is 2.84. The lowest BCUT2D eigenvalue weighted by molar-refractivity contribution is 0.475. The minimum absolute atomic E-state index is 0.0915. The van der Waals surface area contributed by atoms with Crippen molar-refractivity contribution in [2.24, 2.45) is 0 Å². The van der Waals surface area contributed by atoms with E-state index in [0.717, 1.165) is 0 Å². The van der Waals surface area contributed by atoms with Crippen molar-refractivity contribution in [3.63, 3.8) is 0 Å². The van der Waals surface area contributed by atoms with Gasteiger partial charge < -0.3 is 14.5 Å². The highest BCUT2D eigenvalue weighted by Crippen LogP contribution is 2.31. The van der Waals surface area contributed by atoms with Gasteiger partial charge in [0, 0.05) is 18.5 Å². The van der Waals surface area contributed by atoms with E-state index >= 15 is 0 Å². The molecule has 0 aliphatic heterocycles. The van der Waals surface area contributed by atoms with Crippen LogP contribution < -0.4 is 5.69 Å². The Bertz CT molecular complexity index is 773. The number of nitrogens with one attached hydrogen (secondary N) is 1. The van der Waals surface area contributed by atoms with E-state index in [1.54, 1.807) is 0 Å². The van der Waals surface area contributed by atoms with Crippen molar-refractivity contribution in [3.05, 3.63) is 39.5 Å². The number of hydrogen-bond acceptors (Lipinski definition) is 5. The molecule has 0 atom stereocenters. The van der Waals surface area contributed by atoms with Crippen LogP contribution in [0.4, 0.5) is 0 Å². The number of aromatic nitrogens is 3. The van der Waals surface area contributed by atoms with Gasteiger partial charge in [-0.25, -0.2) is 14.8 Å². The van der Waals surface area contributed by atoms with Crippen LogP contribution in [-0.4, -0.2) is 20.1 Å². The van der Waals surface area contributed by atoms with Crippen molar-refractivity contribution >= 4 is 27.0 Å². The molecule has 0 saturated heterocycles. The Morgan fingerprint density at radius 3 is 2.94 bits per heavy atom. The smallest absolute Gasteiger partial charge is 0.344 e. The Morgan fingerprint density at radius 2 is 2.22 bits per heavy atom. The zero-order valence-electron chi connectivity index (χ0n) is 8.85. The van der Waals surface area contributed by atoms with E-state index < -0.39 is 5.69 Å². The van der Waals surface area contributed by atoms with E-state index in [4.69, 9.17) is 4.42 Å². The Hall–Kier alpha value is -2.15. The van der Waals surface area contributed by atoms with Crippen LogP contribution in [0.2, 0.25) is 0 Å². The van der Waals surface area contributed by atoms with Gasteiger partial charge in [0.25, 0.3) is 0 Å². The third kappa shape index (κ3) is 1.78. The monoisotopic (exact) mass is 307 g/mol. The number of hydrogen-bond donors (Lipinski definition) is 2. The highest BCUT2D eigenvalue weighted by molar-refractivity contribution is 9.10. The van der Waals surface area contributed by atoms with Gasteiger partial charge in [0.1, 0.15) is 11.3 Å². The van der Waals surface area contributed by atoms with Crippen LogP contribution in [0.3, 0.4) is 0 Å². The summed E-state index contributed by atoms with van der Waals surface area (Å²) in [4.78, 5) is 21.1. The Labute approximate surface area is 108 Å². The summed E-state index contributed by atoms with van der Waals surface area (Å²) in [5.41, 5.74) is 1.16. The van der Waals surface area contributed by atoms with Crippen molar-refractivity contribution in [3.8, 4) is 17.2 Å². The second-order valence-electron chi connectivity index (χ2n) is 3.60. The van der Waals surface area contributed by atoms with E-state index in [9.17, 15) is 9.90 Å². The minimum Gasteiger partial charge on any atom is -0.508 e. The molecule has 0 unspecified atom stereocenters. The maximum absolute atomic E-state index is 10.9. The van der Waals surface area contributed by atoms with E-state index in [1.165, 1.54) is 24.5 Å². The van der Waals surface area contributed by atoms with Crippen LogP contribution in [-0.2, 0) is 0 Å². The number of benzene rings is 1. The second kappa shape index (κ2) is 3.95. The highest BCUT2D eigenvalue weighted by atomic mass is 79.9. The van der Waals surface area contributed by atoms with Gasteiger partial charge in [0.05, 0.1) is 10.0 Å². The molecule has 0 aliphatic rings. The first kappa shape index (κ1) is 11.0. The predicted molar refractivity (Wildman–Crippen MR) is 67.2 cm³/mol. The van der Waals surface area contributed by atoms with Crippen LogP contribution in [0.25, 0.3) is 22.6 Å². The average Bonchev–Trinajstić information content (AvgIpc) is 2.74. The topological polar surface area (TPSA) is 92.0 Å². The third-order valence-electron chi connectivity index (χ3n) is 2.35. The predicted octanol–water partition coefficient (Wildman–Crippen LogP) is 2.05. The first-order valence-corrected chi connectivity index (χ1v) is 5.77. The number of rotatable bonds is 1. The maximum Gasteiger partial charge on any atom is 0.344 e. The number of oxazole rings is 1. The van der Waals surface area contributed by atoms with Gasteiger partial charge in [-0.3, -0.25) is 0 Å². The summed E-state index contributed by atoms with van der Waals surface area (Å²) >= 11 is 3.28. The zero-order chi connectivity index (χ0) is 12.7. The molecule has 2 heterocycles. The van der Waals surface area contributed by atoms with E-state index in [-0.39, 0.29) is 5.75 Å². The molecule has 18 heavy (non-hydrogen) atoms. The number of aromatic amines is 1. The summed E-state index contributed by atoms with van der Waals surface area (Å²) in [6.45, 7) is 0. The fourth-order valence-electron chi connectivity index (χ4n) is 1.56. The standard InChI is InChI=1S/C11H6BrN3O3/c12-7-1-6(16)2-8-9(7)18-10(15-8)5-3-13-11(17)14-4-5/h1-4,16H,(H,13,14,17). The van der Waals surface area contributed by atoms with Crippen molar-refractivity contribution in [2.45, 2.75) is 0 Å². The lowest BCUT2D eigenvalue weighted by Gasteiger charge is -1.93. The van der Waals surface area contributed by atoms with Crippen LogP contribution in [0.5, 0.6) is 5.75 Å². The van der Waals surface area contributed by atoms with Gasteiger partial charge >= 0.3 is 5.69 Å². The molecular formula is C11H6BrN3O3. The molecule has 3 aromatic rings. The average molecular weight is 308 g/mol. The van der Waals surface area contributed by atoms with Crippen LogP contribution in [0.1, 0.15) is 0 Å². The first-order valence-electron chi connectivity index (χ1n) is 4.97. The normalized spacial score (nSPS) is 10.9. The van der Waals surface area contributed by atoms with Crippen molar-refractivity contribution in [1.82, 2.24) is 15.0 Å². The highest BCUT2D eigenvalue weighted by Gasteiger charge is 2.12. The summed E-state index contributed by atoms with van der Waals surface area (Å²) in [7, 11) is 0. The van der Waals surface area contributed by atoms with E-state index in [2.05, 4.69) is 30.9 Å². The van der Waals surface area contributed by atoms with Crippen molar-refractivity contribution in [1.29, 1.82) is 0 Å². The molecule has 0 aliphatic carbocycles. The molecule has 0 saturated carbocycles. The number of H-pyrrole nitrogens is 1. The number of fused-ring (bicyclic) bond motifs is 1. The van der Waals surface area contributed by atoms with Crippen LogP contribution in [0, 0.1) is 0 Å². The number of aromatic hydroxyl groups is 1.